The summed E-state index contributed by atoms with van der Waals surface area (Å²) in [6, 6.07) is 1.60. The minimum atomic E-state index is -0.522. The van der Waals surface area contributed by atoms with Crippen molar-refractivity contribution in [2.45, 2.75) is 39.3 Å². The molecule has 0 fully saturated rings. The van der Waals surface area contributed by atoms with Crippen molar-refractivity contribution < 1.29 is 9.53 Å². The standard InChI is InChI=1S/C12H22N4O2/c1-8-6-10(16(5)15-8)9(7-13)14-11(17)18-12(2,3)4/h6,9H,7,13H2,1-5H3,(H,14,17). The minimum absolute atomic E-state index is 0.290. The van der Waals surface area contributed by atoms with Gasteiger partial charge in [-0.15, -0.1) is 0 Å². The van der Waals surface area contributed by atoms with E-state index in [0.29, 0.717) is 0 Å². The number of alkyl carbamates (subject to hydrolysis) is 1. The van der Waals surface area contributed by atoms with Crippen LogP contribution >= 0.6 is 0 Å². The van der Waals surface area contributed by atoms with E-state index >= 15 is 0 Å². The summed E-state index contributed by atoms with van der Waals surface area (Å²) in [5.41, 5.74) is 6.91. The number of aryl methyl sites for hydroxylation is 2. The molecule has 3 N–H and O–H groups in total. The number of aromatic nitrogens is 2. The summed E-state index contributed by atoms with van der Waals surface area (Å²) < 4.78 is 6.92. The van der Waals surface area contributed by atoms with E-state index in [4.69, 9.17) is 10.5 Å². The van der Waals surface area contributed by atoms with Crippen molar-refractivity contribution in [2.75, 3.05) is 6.54 Å². The number of carbonyl (C=O) groups is 1. The van der Waals surface area contributed by atoms with E-state index in [1.807, 2.05) is 40.8 Å². The Kier molecular flexibility index (Phi) is 4.34. The number of rotatable bonds is 3. The third-order valence-corrected chi connectivity index (χ3v) is 2.32. The van der Waals surface area contributed by atoms with Crippen LogP contribution in [0.3, 0.4) is 0 Å². The number of hydrogen-bond acceptors (Lipinski definition) is 4. The first-order chi connectivity index (χ1) is 8.23. The fraction of sp³-hybridized carbons (Fsp3) is 0.667. The van der Waals surface area contributed by atoms with Crippen LogP contribution in [0.1, 0.15) is 38.2 Å². The monoisotopic (exact) mass is 254 g/mol. The van der Waals surface area contributed by atoms with Gasteiger partial charge in [-0.05, 0) is 33.8 Å². The Labute approximate surface area is 107 Å². The maximum atomic E-state index is 11.7. The van der Waals surface area contributed by atoms with Crippen molar-refractivity contribution in [3.63, 3.8) is 0 Å². The Hall–Kier alpha value is -1.56. The summed E-state index contributed by atoms with van der Waals surface area (Å²) in [4.78, 5) is 11.7. The fourth-order valence-electron chi connectivity index (χ4n) is 1.66. The molecule has 1 aromatic heterocycles. The lowest BCUT2D eigenvalue weighted by atomic mass is 10.2. The number of carbonyl (C=O) groups excluding carboxylic acids is 1. The van der Waals surface area contributed by atoms with Crippen molar-refractivity contribution in [1.82, 2.24) is 15.1 Å². The molecule has 0 aliphatic rings. The molecule has 0 saturated heterocycles. The molecule has 6 heteroatoms. The van der Waals surface area contributed by atoms with Crippen LogP contribution in [0.25, 0.3) is 0 Å². The van der Waals surface area contributed by atoms with E-state index in [2.05, 4.69) is 10.4 Å². The van der Waals surface area contributed by atoms with Crippen LogP contribution < -0.4 is 11.1 Å². The zero-order valence-corrected chi connectivity index (χ0v) is 11.7. The number of nitrogens with zero attached hydrogens (tertiary/aromatic N) is 2. The van der Waals surface area contributed by atoms with E-state index in [-0.39, 0.29) is 12.6 Å². The molecule has 0 aliphatic heterocycles. The number of amides is 1. The van der Waals surface area contributed by atoms with Crippen LogP contribution in [0, 0.1) is 6.92 Å². The SMILES string of the molecule is Cc1cc(C(CN)NC(=O)OC(C)(C)C)n(C)n1. The minimum Gasteiger partial charge on any atom is -0.444 e. The van der Waals surface area contributed by atoms with Gasteiger partial charge in [-0.3, -0.25) is 4.68 Å². The predicted molar refractivity (Wildman–Crippen MR) is 69.1 cm³/mol. The van der Waals surface area contributed by atoms with Gasteiger partial charge in [0.25, 0.3) is 0 Å². The highest BCUT2D eigenvalue weighted by atomic mass is 16.6. The van der Waals surface area contributed by atoms with Crippen LogP contribution in [-0.2, 0) is 11.8 Å². The number of nitrogens with one attached hydrogen (secondary N) is 1. The van der Waals surface area contributed by atoms with Gasteiger partial charge in [0, 0.05) is 13.6 Å². The normalized spacial score (nSPS) is 13.2. The highest BCUT2D eigenvalue weighted by Gasteiger charge is 2.21. The van der Waals surface area contributed by atoms with E-state index in [1.165, 1.54) is 0 Å². The molecular weight excluding hydrogens is 232 g/mol. The second kappa shape index (κ2) is 5.39. The van der Waals surface area contributed by atoms with Crippen molar-refractivity contribution in [3.05, 3.63) is 17.5 Å². The smallest absolute Gasteiger partial charge is 0.408 e. The van der Waals surface area contributed by atoms with E-state index in [9.17, 15) is 4.79 Å². The Balaban J connectivity index is 2.74. The number of ether oxygens (including phenoxy) is 1. The topological polar surface area (TPSA) is 82.2 Å². The Bertz CT molecular complexity index is 420. The zero-order valence-electron chi connectivity index (χ0n) is 11.7. The van der Waals surface area contributed by atoms with Crippen LogP contribution in [-0.4, -0.2) is 28.0 Å². The average molecular weight is 254 g/mol. The van der Waals surface area contributed by atoms with Crippen LogP contribution in [0.2, 0.25) is 0 Å². The third-order valence-electron chi connectivity index (χ3n) is 2.32. The average Bonchev–Trinajstić information content (AvgIpc) is 2.51. The van der Waals surface area contributed by atoms with Gasteiger partial charge in [0.05, 0.1) is 17.4 Å². The first-order valence-corrected chi connectivity index (χ1v) is 5.93. The first-order valence-electron chi connectivity index (χ1n) is 5.93. The molecule has 102 valence electrons. The molecule has 0 bridgehead atoms. The summed E-state index contributed by atoms with van der Waals surface area (Å²) in [6.45, 7) is 7.64. The van der Waals surface area contributed by atoms with Gasteiger partial charge in [-0.2, -0.15) is 5.10 Å². The lowest BCUT2D eigenvalue weighted by Crippen LogP contribution is -2.38. The molecular formula is C12H22N4O2. The highest BCUT2D eigenvalue weighted by Crippen LogP contribution is 2.14. The Morgan fingerprint density at radius 1 is 1.61 bits per heavy atom. The summed E-state index contributed by atoms with van der Waals surface area (Å²) in [7, 11) is 1.82. The molecule has 18 heavy (non-hydrogen) atoms. The molecule has 0 aliphatic carbocycles. The molecule has 1 heterocycles. The number of hydrogen-bond donors (Lipinski definition) is 2. The lowest BCUT2D eigenvalue weighted by Gasteiger charge is -2.23. The van der Waals surface area contributed by atoms with Gasteiger partial charge in [0.2, 0.25) is 0 Å². The van der Waals surface area contributed by atoms with Crippen molar-refractivity contribution in [2.24, 2.45) is 12.8 Å². The highest BCUT2D eigenvalue weighted by molar-refractivity contribution is 5.68. The largest absolute Gasteiger partial charge is 0.444 e. The number of nitrogens with two attached hydrogens (primary N) is 1. The molecule has 1 unspecified atom stereocenters. The van der Waals surface area contributed by atoms with Gasteiger partial charge in [-0.25, -0.2) is 4.79 Å². The molecule has 0 spiro atoms. The van der Waals surface area contributed by atoms with Crippen LogP contribution in [0.5, 0.6) is 0 Å². The van der Waals surface area contributed by atoms with Crippen molar-refractivity contribution >= 4 is 6.09 Å². The molecule has 0 radical (unpaired) electrons. The summed E-state index contributed by atoms with van der Waals surface area (Å²) in [5, 5.41) is 6.98. The zero-order chi connectivity index (χ0) is 13.9. The van der Waals surface area contributed by atoms with E-state index < -0.39 is 11.7 Å². The van der Waals surface area contributed by atoms with Crippen LogP contribution in [0.15, 0.2) is 6.07 Å². The molecule has 1 rings (SSSR count). The molecule has 1 atom stereocenters. The van der Waals surface area contributed by atoms with Gasteiger partial charge in [0.1, 0.15) is 5.60 Å². The molecule has 6 nitrogen and oxygen atoms in total. The summed E-state index contributed by atoms with van der Waals surface area (Å²) in [6.07, 6.45) is -0.475. The van der Waals surface area contributed by atoms with Crippen molar-refractivity contribution in [3.8, 4) is 0 Å². The Morgan fingerprint density at radius 3 is 2.61 bits per heavy atom. The molecule has 1 aromatic rings. The fourth-order valence-corrected chi connectivity index (χ4v) is 1.66. The predicted octanol–water partition coefficient (Wildman–Crippen LogP) is 1.25. The summed E-state index contributed by atoms with van der Waals surface area (Å²) in [5.74, 6) is 0. The van der Waals surface area contributed by atoms with E-state index in [0.717, 1.165) is 11.4 Å². The van der Waals surface area contributed by atoms with Crippen molar-refractivity contribution in [1.29, 1.82) is 0 Å². The second-order valence-electron chi connectivity index (χ2n) is 5.27. The molecule has 0 aromatic carbocycles. The maximum Gasteiger partial charge on any atom is 0.408 e. The lowest BCUT2D eigenvalue weighted by molar-refractivity contribution is 0.0503. The van der Waals surface area contributed by atoms with Gasteiger partial charge in [-0.1, -0.05) is 0 Å². The first kappa shape index (κ1) is 14.5. The Morgan fingerprint density at radius 2 is 2.22 bits per heavy atom. The van der Waals surface area contributed by atoms with Gasteiger partial charge >= 0.3 is 6.09 Å². The van der Waals surface area contributed by atoms with E-state index in [1.54, 1.807) is 4.68 Å². The quantitative estimate of drug-likeness (QED) is 0.850. The summed E-state index contributed by atoms with van der Waals surface area (Å²) >= 11 is 0. The molecule has 1 amide bonds. The van der Waals surface area contributed by atoms with Gasteiger partial charge < -0.3 is 15.8 Å². The second-order valence-corrected chi connectivity index (χ2v) is 5.27. The third kappa shape index (κ3) is 4.03. The van der Waals surface area contributed by atoms with Crippen LogP contribution in [0.4, 0.5) is 4.79 Å². The molecule has 0 saturated carbocycles. The van der Waals surface area contributed by atoms with Gasteiger partial charge in [0.15, 0.2) is 0 Å². The maximum absolute atomic E-state index is 11.7.